The van der Waals surface area contributed by atoms with Gasteiger partial charge in [0.05, 0.1) is 25.9 Å². The first-order chi connectivity index (χ1) is 17.9. The summed E-state index contributed by atoms with van der Waals surface area (Å²) in [6.07, 6.45) is 2.38. The predicted molar refractivity (Wildman–Crippen MR) is 137 cm³/mol. The molecule has 2 aromatic carbocycles. The number of aromatic nitrogens is 1. The molecule has 1 saturated heterocycles. The maximum Gasteiger partial charge on any atom is 0.324 e. The van der Waals surface area contributed by atoms with Crippen molar-refractivity contribution in [2.45, 2.75) is 23.8 Å². The molecule has 0 spiro atoms. The van der Waals surface area contributed by atoms with Gasteiger partial charge in [0, 0.05) is 42.2 Å². The number of carbonyl (C=O) groups is 1. The van der Waals surface area contributed by atoms with E-state index < -0.39 is 17.7 Å². The predicted octanol–water partition coefficient (Wildman–Crippen LogP) is 4.54. The van der Waals surface area contributed by atoms with Gasteiger partial charge in [0.25, 0.3) is 0 Å². The van der Waals surface area contributed by atoms with E-state index in [9.17, 15) is 18.0 Å². The van der Waals surface area contributed by atoms with E-state index in [2.05, 4.69) is 14.8 Å². The molecule has 0 saturated carbocycles. The van der Waals surface area contributed by atoms with Crippen LogP contribution >= 0.6 is 11.8 Å². The highest BCUT2D eigenvalue weighted by Gasteiger charge is 2.32. The summed E-state index contributed by atoms with van der Waals surface area (Å²) in [6, 6.07) is 8.37. The number of halogens is 3. The molecule has 1 aromatic heterocycles. The van der Waals surface area contributed by atoms with Gasteiger partial charge < -0.3 is 9.47 Å². The first-order valence-corrected chi connectivity index (χ1v) is 13.1. The van der Waals surface area contributed by atoms with E-state index in [0.29, 0.717) is 61.6 Å². The first-order valence-electron chi connectivity index (χ1n) is 12.1. The van der Waals surface area contributed by atoms with Gasteiger partial charge in [0.15, 0.2) is 0 Å². The van der Waals surface area contributed by atoms with Gasteiger partial charge in [-0.2, -0.15) is 0 Å². The second kappa shape index (κ2) is 12.6. The molecule has 10 heteroatoms. The fraction of sp³-hybridized carbons (Fsp3) is 0.407. The molecule has 37 heavy (non-hydrogen) atoms. The lowest BCUT2D eigenvalue weighted by molar-refractivity contribution is -0.149. The number of benzene rings is 2. The standard InChI is InChI=1S/C27H30F3N3O3S/c1-35-19-6-8-24-21(15-19)20(23(30)16-31-24)4-3-9-33-11-10-32(17-25(33)27(34)36-2)12-13-37-26-14-18(28)5-7-22(26)29/h5-8,14-16,25H,3-4,9-13,17H2,1-2H3/t25-/m1/s1. The molecular formula is C27H30F3N3O3S. The van der Waals surface area contributed by atoms with Crippen molar-refractivity contribution in [3.05, 3.63) is 65.6 Å². The molecule has 1 aliphatic heterocycles. The van der Waals surface area contributed by atoms with Crippen LogP contribution in [0, 0.1) is 17.5 Å². The van der Waals surface area contributed by atoms with Crippen LogP contribution < -0.4 is 4.74 Å². The van der Waals surface area contributed by atoms with Crippen LogP contribution in [0.3, 0.4) is 0 Å². The Morgan fingerprint density at radius 1 is 1.08 bits per heavy atom. The quantitative estimate of drug-likeness (QED) is 0.280. The molecule has 1 aliphatic rings. The minimum Gasteiger partial charge on any atom is -0.497 e. The van der Waals surface area contributed by atoms with Gasteiger partial charge in [-0.25, -0.2) is 13.2 Å². The summed E-state index contributed by atoms with van der Waals surface area (Å²) >= 11 is 1.25. The maximum absolute atomic E-state index is 14.7. The average Bonchev–Trinajstić information content (AvgIpc) is 2.91. The van der Waals surface area contributed by atoms with Crippen molar-refractivity contribution in [3.63, 3.8) is 0 Å². The molecule has 6 nitrogen and oxygen atoms in total. The van der Waals surface area contributed by atoms with Crippen LogP contribution in [0.4, 0.5) is 13.2 Å². The second-order valence-electron chi connectivity index (χ2n) is 8.87. The molecule has 0 unspecified atom stereocenters. The number of esters is 1. The molecule has 0 amide bonds. The van der Waals surface area contributed by atoms with Gasteiger partial charge >= 0.3 is 5.97 Å². The van der Waals surface area contributed by atoms with E-state index in [1.807, 2.05) is 6.07 Å². The van der Waals surface area contributed by atoms with E-state index in [1.54, 1.807) is 19.2 Å². The van der Waals surface area contributed by atoms with E-state index >= 15 is 0 Å². The zero-order valence-electron chi connectivity index (χ0n) is 20.9. The van der Waals surface area contributed by atoms with Crippen molar-refractivity contribution in [2.24, 2.45) is 0 Å². The lowest BCUT2D eigenvalue weighted by atomic mass is 10.0. The van der Waals surface area contributed by atoms with Crippen LogP contribution in [0.2, 0.25) is 0 Å². The van der Waals surface area contributed by atoms with Crippen LogP contribution in [0.25, 0.3) is 10.9 Å². The van der Waals surface area contributed by atoms with E-state index in [4.69, 9.17) is 9.47 Å². The molecule has 0 N–H and O–H groups in total. The molecule has 198 valence electrons. The summed E-state index contributed by atoms with van der Waals surface area (Å²) in [4.78, 5) is 21.2. The Morgan fingerprint density at radius 2 is 1.92 bits per heavy atom. The lowest BCUT2D eigenvalue weighted by Crippen LogP contribution is -2.57. The first kappa shape index (κ1) is 27.2. The SMILES string of the molecule is COC(=O)[C@H]1CN(CCSc2cc(F)ccc2F)CCN1CCCc1c(F)cnc2ccc(OC)cc12. The summed E-state index contributed by atoms with van der Waals surface area (Å²) in [5.41, 5.74) is 1.29. The summed E-state index contributed by atoms with van der Waals surface area (Å²) in [5.74, 6) is -0.392. The monoisotopic (exact) mass is 533 g/mol. The molecule has 1 atom stereocenters. The van der Waals surface area contributed by atoms with Crippen molar-refractivity contribution < 1.29 is 27.4 Å². The summed E-state index contributed by atoms with van der Waals surface area (Å²) in [6.45, 7) is 3.07. The van der Waals surface area contributed by atoms with Crippen LogP contribution in [0.1, 0.15) is 12.0 Å². The number of fused-ring (bicyclic) bond motifs is 1. The topological polar surface area (TPSA) is 54.9 Å². The highest BCUT2D eigenvalue weighted by Crippen LogP contribution is 2.26. The van der Waals surface area contributed by atoms with Crippen molar-refractivity contribution in [1.29, 1.82) is 0 Å². The van der Waals surface area contributed by atoms with Crippen molar-refractivity contribution in [3.8, 4) is 5.75 Å². The highest BCUT2D eigenvalue weighted by atomic mass is 32.2. The van der Waals surface area contributed by atoms with Gasteiger partial charge in [-0.3, -0.25) is 19.6 Å². The van der Waals surface area contributed by atoms with Gasteiger partial charge in [0.1, 0.15) is 29.2 Å². The highest BCUT2D eigenvalue weighted by molar-refractivity contribution is 7.99. The van der Waals surface area contributed by atoms with Gasteiger partial charge in [-0.05, 0) is 61.3 Å². The van der Waals surface area contributed by atoms with Crippen LogP contribution in [-0.4, -0.2) is 79.5 Å². The molecule has 4 rings (SSSR count). The number of ether oxygens (including phenoxy) is 2. The molecule has 3 aromatic rings. The number of rotatable bonds is 10. The number of nitrogens with zero attached hydrogens (tertiary/aromatic N) is 3. The van der Waals surface area contributed by atoms with Gasteiger partial charge in [-0.15, -0.1) is 11.8 Å². The Hall–Kier alpha value is -2.82. The number of aryl methyl sites for hydroxylation is 1. The normalized spacial score (nSPS) is 16.7. The zero-order chi connectivity index (χ0) is 26.4. The van der Waals surface area contributed by atoms with Crippen molar-refractivity contribution >= 4 is 28.6 Å². The molecule has 0 aliphatic carbocycles. The third-order valence-corrected chi connectivity index (χ3v) is 7.62. The molecule has 1 fully saturated rings. The second-order valence-corrected chi connectivity index (χ2v) is 10.0. The average molecular weight is 534 g/mol. The largest absolute Gasteiger partial charge is 0.497 e. The van der Waals surface area contributed by atoms with Crippen LogP contribution in [-0.2, 0) is 16.0 Å². The fourth-order valence-electron chi connectivity index (χ4n) is 4.62. The van der Waals surface area contributed by atoms with Crippen molar-refractivity contribution in [1.82, 2.24) is 14.8 Å². The Balaban J connectivity index is 1.35. The maximum atomic E-state index is 14.7. The lowest BCUT2D eigenvalue weighted by Gasteiger charge is -2.40. The molecule has 0 bridgehead atoms. The zero-order valence-corrected chi connectivity index (χ0v) is 21.7. The number of piperazine rings is 1. The minimum absolute atomic E-state index is 0.275. The third kappa shape index (κ3) is 6.74. The third-order valence-electron chi connectivity index (χ3n) is 6.61. The smallest absolute Gasteiger partial charge is 0.324 e. The van der Waals surface area contributed by atoms with Crippen molar-refractivity contribution in [2.75, 3.05) is 52.7 Å². The number of pyridine rings is 1. The summed E-state index contributed by atoms with van der Waals surface area (Å²) < 4.78 is 52.3. The Labute approximate surface area is 218 Å². The molecule has 2 heterocycles. The van der Waals surface area contributed by atoms with Crippen LogP contribution in [0.5, 0.6) is 5.75 Å². The van der Waals surface area contributed by atoms with E-state index in [0.717, 1.165) is 24.1 Å². The number of carbonyl (C=O) groups excluding carboxylic acids is 1. The summed E-state index contributed by atoms with van der Waals surface area (Å²) in [5, 5.41) is 0.723. The minimum atomic E-state index is -0.470. The Bertz CT molecular complexity index is 1250. The van der Waals surface area contributed by atoms with E-state index in [-0.39, 0.29) is 16.7 Å². The molecular weight excluding hydrogens is 503 g/mol. The Morgan fingerprint density at radius 3 is 2.70 bits per heavy atom. The fourth-order valence-corrected chi connectivity index (χ4v) is 5.59. The molecule has 0 radical (unpaired) electrons. The number of hydrogen-bond donors (Lipinski definition) is 0. The van der Waals surface area contributed by atoms with E-state index in [1.165, 1.54) is 31.1 Å². The van der Waals surface area contributed by atoms with Gasteiger partial charge in [-0.1, -0.05) is 0 Å². The summed E-state index contributed by atoms with van der Waals surface area (Å²) in [7, 11) is 2.94. The van der Waals surface area contributed by atoms with Gasteiger partial charge in [0.2, 0.25) is 0 Å². The Kier molecular flexibility index (Phi) is 9.28. The number of thioether (sulfide) groups is 1. The number of methoxy groups -OCH3 is 2. The van der Waals surface area contributed by atoms with Crippen LogP contribution in [0.15, 0.2) is 47.5 Å². The number of hydrogen-bond acceptors (Lipinski definition) is 7.